The van der Waals surface area contributed by atoms with E-state index in [1.54, 1.807) is 0 Å². The molecule has 0 saturated heterocycles. The van der Waals surface area contributed by atoms with Crippen LogP contribution in [0.15, 0.2) is 10.8 Å². The molecule has 0 bridgehead atoms. The molecule has 0 spiro atoms. The second-order valence-electron chi connectivity index (χ2n) is 1.03. The average molecular weight is 156 g/mol. The van der Waals surface area contributed by atoms with Crippen molar-refractivity contribution in [3.63, 3.8) is 0 Å². The summed E-state index contributed by atoms with van der Waals surface area (Å²) >= 11 is 0. The monoisotopic (exact) mass is 156 g/mol. The van der Waals surface area contributed by atoms with Crippen molar-refractivity contribution in [2.75, 3.05) is 0 Å². The van der Waals surface area contributed by atoms with E-state index in [0.717, 1.165) is 6.26 Å². The third-order valence-electron chi connectivity index (χ3n) is 0.493. The van der Waals surface area contributed by atoms with Gasteiger partial charge in [-0.1, -0.05) is 5.10 Å². The van der Waals surface area contributed by atoms with Crippen molar-refractivity contribution < 1.29 is 36.0 Å². The van der Waals surface area contributed by atoms with Gasteiger partial charge >= 0.3 is 18.9 Å². The van der Waals surface area contributed by atoms with Crippen LogP contribution in [-0.4, -0.2) is 10.4 Å². The molecule has 1 rings (SSSR count). The fourth-order valence-corrected chi connectivity index (χ4v) is 0.474. The summed E-state index contributed by atoms with van der Waals surface area (Å²) in [6.45, 7) is 0. The van der Waals surface area contributed by atoms with E-state index in [0.29, 0.717) is 0 Å². The quantitative estimate of drug-likeness (QED) is 0.329. The molecule has 1 aromatic heterocycles. The first-order valence-corrected chi connectivity index (χ1v) is 2.83. The van der Waals surface area contributed by atoms with Crippen molar-refractivity contribution in [1.29, 1.82) is 0 Å². The number of nitrogens with zero attached hydrogens (tertiary/aromatic N) is 2. The van der Waals surface area contributed by atoms with Gasteiger partial charge in [-0.25, -0.2) is 0 Å². The zero-order chi connectivity index (χ0) is 6.69. The van der Waals surface area contributed by atoms with Crippen molar-refractivity contribution in [2.24, 2.45) is 0 Å². The molecule has 50 valence electrons. The van der Waals surface area contributed by atoms with Crippen LogP contribution in [0, 0.1) is 0 Å². The first-order valence-electron chi connectivity index (χ1n) is 1.83. The van der Waals surface area contributed by atoms with E-state index in [1.165, 1.54) is 0 Å². The molecule has 0 amide bonds. The largest absolute Gasteiger partial charge is 1.00 e. The Bertz CT molecular complexity index is 236. The van der Waals surface area contributed by atoms with Crippen molar-refractivity contribution in [1.82, 2.24) is 10.4 Å². The van der Waals surface area contributed by atoms with Crippen molar-refractivity contribution in [3.05, 3.63) is 6.26 Å². The molecule has 0 aliphatic heterocycles. The summed E-state index contributed by atoms with van der Waals surface area (Å²) in [4.78, 5) is 0. The van der Waals surface area contributed by atoms with Crippen molar-refractivity contribution >= 4 is 11.0 Å². The first-order chi connectivity index (χ1) is 4.29. The molecule has 1 aromatic rings. The van der Waals surface area contributed by atoms with E-state index in [4.69, 9.17) is 0 Å². The van der Waals surface area contributed by atoms with E-state index in [2.05, 4.69) is 19.1 Å². The van der Waals surface area contributed by atoms with Gasteiger partial charge < -0.3 is 17.1 Å². The Morgan fingerprint density at radius 2 is 2.30 bits per heavy atom. The predicted octanol–water partition coefficient (Wildman–Crippen LogP) is -3.32. The van der Waals surface area contributed by atoms with Crippen LogP contribution < -0.4 is 23.0 Å². The van der Waals surface area contributed by atoms with Crippen LogP contribution in [0.5, 0.6) is 5.88 Å². The summed E-state index contributed by atoms with van der Waals surface area (Å²) in [6.07, 6.45) is 0.968. The molecular weight excluding hydrogens is 155 g/mol. The van der Waals surface area contributed by atoms with Crippen LogP contribution in [-0.2, 0) is 19.4 Å². The Morgan fingerprint density at radius 1 is 1.60 bits per heavy atom. The third kappa shape index (κ3) is 2.87. The molecule has 0 unspecified atom stereocenters. The molecule has 0 aliphatic carbocycles. The summed E-state index contributed by atoms with van der Waals surface area (Å²) in [5.41, 5.74) is 0. The van der Waals surface area contributed by atoms with Crippen LogP contribution in [0.4, 0.5) is 0 Å². The topological polar surface area (TPSA) is 82.3 Å². The van der Waals surface area contributed by atoms with Gasteiger partial charge in [0, 0.05) is 5.27 Å². The van der Waals surface area contributed by atoms with E-state index < -0.39 is 11.0 Å². The molecule has 6 nitrogen and oxygen atoms in total. The van der Waals surface area contributed by atoms with Gasteiger partial charge in [0.15, 0.2) is 6.26 Å². The van der Waals surface area contributed by atoms with Crippen molar-refractivity contribution in [2.45, 2.75) is 0 Å². The fraction of sp³-hybridized carbons (Fsp3) is 0. The van der Waals surface area contributed by atoms with Crippen LogP contribution in [0.25, 0.3) is 0 Å². The first kappa shape index (κ1) is 9.49. The number of hydrogen-bond acceptors (Lipinski definition) is 7. The Labute approximate surface area is 69.9 Å². The maximum absolute atomic E-state index is 9.74. The number of aromatic nitrogens is 2. The van der Waals surface area contributed by atoms with Crippen LogP contribution >= 0.6 is 0 Å². The SMILES string of the molecule is O=[S-](=O)Oc1conn1.[Li+]. The maximum atomic E-state index is 9.74. The molecule has 0 N–H and O–H groups in total. The molecule has 0 saturated carbocycles. The Morgan fingerprint density at radius 3 is 2.70 bits per heavy atom. The van der Waals surface area contributed by atoms with Crippen LogP contribution in [0.1, 0.15) is 0 Å². The van der Waals surface area contributed by atoms with Gasteiger partial charge in [0.05, 0.1) is 0 Å². The van der Waals surface area contributed by atoms with Gasteiger partial charge in [-0.2, -0.15) is 0 Å². The average Bonchev–Trinajstić information content (AvgIpc) is 2.15. The van der Waals surface area contributed by atoms with Crippen LogP contribution in [0.2, 0.25) is 0 Å². The van der Waals surface area contributed by atoms with E-state index in [9.17, 15) is 8.42 Å². The third-order valence-corrected chi connectivity index (χ3v) is 0.800. The summed E-state index contributed by atoms with van der Waals surface area (Å²) in [5, 5.41) is 6.08. The summed E-state index contributed by atoms with van der Waals surface area (Å²) in [7, 11) is -2.61. The molecule has 0 fully saturated rings. The number of hydrogen-bond donors (Lipinski definition) is 0. The van der Waals surface area contributed by atoms with E-state index >= 15 is 0 Å². The molecule has 1 heterocycles. The molecule has 0 radical (unpaired) electrons. The Hall–Kier alpha value is -0.513. The van der Waals surface area contributed by atoms with Crippen LogP contribution in [0.3, 0.4) is 0 Å². The maximum Gasteiger partial charge on any atom is 1.00 e. The predicted molar refractivity (Wildman–Crippen MR) is 23.7 cm³/mol. The smallest absolute Gasteiger partial charge is 0.515 e. The molecule has 10 heavy (non-hydrogen) atoms. The van der Waals surface area contributed by atoms with Gasteiger partial charge in [-0.3, -0.25) is 0 Å². The zero-order valence-corrected chi connectivity index (χ0v) is 5.83. The molecule has 0 atom stereocenters. The minimum atomic E-state index is -2.61. The summed E-state index contributed by atoms with van der Waals surface area (Å²) in [6, 6.07) is 0. The molecule has 8 heteroatoms. The fourth-order valence-electron chi connectivity index (χ4n) is 0.262. The minimum absolute atomic E-state index is 0. The van der Waals surface area contributed by atoms with Gasteiger partial charge in [0.25, 0.3) is 5.88 Å². The summed E-state index contributed by atoms with van der Waals surface area (Å²) < 4.78 is 27.6. The molecule has 0 aromatic carbocycles. The Kier molecular flexibility index (Phi) is 4.10. The Balaban J connectivity index is 0.000000810. The van der Waals surface area contributed by atoms with Gasteiger partial charge in [-0.15, -0.1) is 0 Å². The van der Waals surface area contributed by atoms with Gasteiger partial charge in [-0.05, 0) is 0 Å². The molecular formula is C2HLiN2O4S. The zero-order valence-electron chi connectivity index (χ0n) is 5.01. The van der Waals surface area contributed by atoms with Gasteiger partial charge in [0.2, 0.25) is 0 Å². The standard InChI is InChI=1S/C2HN2O4S.Li/c5-9(6)8-2-1-7-4-3-2;/h1H;/q-1;+1. The molecule has 0 aliphatic rings. The van der Waals surface area contributed by atoms with E-state index in [1.807, 2.05) is 0 Å². The number of rotatable bonds is 2. The normalized spacial score (nSPS) is 8.90. The minimum Gasteiger partial charge on any atom is -0.515 e. The van der Waals surface area contributed by atoms with Crippen molar-refractivity contribution in [3.8, 4) is 5.88 Å². The summed E-state index contributed by atoms with van der Waals surface area (Å²) in [5.74, 6) is -0.177. The second-order valence-corrected chi connectivity index (χ2v) is 1.61. The van der Waals surface area contributed by atoms with Gasteiger partial charge in [0.1, 0.15) is 11.0 Å². The van der Waals surface area contributed by atoms with E-state index in [-0.39, 0.29) is 24.7 Å². The second kappa shape index (κ2) is 4.33.